The molecule has 10 N–H and O–H groups in total. The van der Waals surface area contributed by atoms with Crippen LogP contribution in [0, 0.1) is 0 Å². The van der Waals surface area contributed by atoms with Gasteiger partial charge in [-0.1, -0.05) is 12.1 Å². The van der Waals surface area contributed by atoms with Crippen LogP contribution in [0.5, 0.6) is 40.2 Å². The first-order valence-electron chi connectivity index (χ1n) is 46.3. The predicted octanol–water partition coefficient (Wildman–Crippen LogP) is 6.65. The quantitative estimate of drug-likeness (QED) is 0.0109. The van der Waals surface area contributed by atoms with Crippen LogP contribution in [0.15, 0.2) is 263 Å². The number of rotatable bonds is 43. The number of pyridine rings is 4. The lowest BCUT2D eigenvalue weighted by Gasteiger charge is -2.34. The fourth-order valence-electron chi connectivity index (χ4n) is 15.9. The number of benzene rings is 5. The maximum Gasteiger partial charge on any atom is 0.265 e. The van der Waals surface area contributed by atoms with Crippen molar-refractivity contribution in [3.63, 3.8) is 0 Å². The van der Waals surface area contributed by atoms with Crippen molar-refractivity contribution >= 4 is 78.7 Å². The van der Waals surface area contributed by atoms with Gasteiger partial charge in [0.25, 0.3) is 29.5 Å². The highest BCUT2D eigenvalue weighted by atomic mass is 32.2. The van der Waals surface area contributed by atoms with E-state index in [1.165, 1.54) is 167 Å². The number of ether oxygens (including phenoxy) is 15. The molecule has 0 saturated carbocycles. The fraction of sp³-hybridized carbons (Fsp3) is 0.392. The van der Waals surface area contributed by atoms with Crippen LogP contribution in [0.2, 0.25) is 0 Å². The zero-order valence-electron chi connectivity index (χ0n) is 80.1. The highest BCUT2D eigenvalue weighted by molar-refractivity contribution is 7.95. The van der Waals surface area contributed by atoms with E-state index >= 15 is 0 Å². The second kappa shape index (κ2) is 56.4. The van der Waals surface area contributed by atoms with Crippen LogP contribution in [0.3, 0.4) is 0 Å². The van der Waals surface area contributed by atoms with E-state index in [4.69, 9.17) is 97.1 Å². The van der Waals surface area contributed by atoms with Gasteiger partial charge in [0.05, 0.1) is 82.2 Å². The Morgan fingerprint density at radius 1 is 0.257 bits per heavy atom. The minimum absolute atomic E-state index is 0.0192. The van der Waals surface area contributed by atoms with E-state index in [1.807, 2.05) is 42.5 Å². The lowest BCUT2D eigenvalue weighted by Crippen LogP contribution is -2.54. The molecule has 798 valence electrons. The van der Waals surface area contributed by atoms with Gasteiger partial charge in [0.15, 0.2) is 78.7 Å². The largest absolute Gasteiger partial charge is 0.491 e. The van der Waals surface area contributed by atoms with Crippen molar-refractivity contribution in [1.82, 2.24) is 57.3 Å². The molecule has 5 amide bonds. The molecule has 5 aliphatic rings. The molecule has 0 atom stereocenters. The Morgan fingerprint density at radius 3 is 0.777 bits per heavy atom. The summed E-state index contributed by atoms with van der Waals surface area (Å²) in [6, 6.07) is 45.6. The molecule has 5 aliphatic heterocycles. The standard InChI is InChI=1S/3C20H24N2O7S.C19H22N2O7S.C18H21N3O7S/c23-19(22-24)20(7-11-27-12-8-20)30(25,26)18-3-1-17(2-4-18)29-14-13-28-15-16-5-9-21-10-6-16;23-19(22-24)20(7-10-27-11-8-20)30(25,26)18-5-3-17(4-6-18)29-13-12-28-15-16-2-1-9-21-14-16;23-19(22-24)20(8-11-27-12-9-20)30(25,26)18-6-4-17(5-7-18)29-14-13-28-15-16-3-1-2-10-21-16;22-18(21-23)19(7-11-26-12-8-19)29(24,25)17-3-1-15(2-4-17)27-13-14-28-16-5-9-20-10-6-16;22-17(21-23)18(5-7-26-8-6-18)29(24,25)16-3-1-14(2-4-16)27-9-10-28-15-11-19-13-20-12-15/h1-6,9-10,24H,7-8,11-15H2,(H,22,23);1-6,9,14,24H,7-8,10-13,15H2,(H,22,23);1-7,10,24H,8-9,11-15H2,(H,22,23);1-6,9-10,23H,7-8,11-14H2,(H,21,22);1-4,11-13,23H,5-10H2,(H,21,22). The van der Waals surface area contributed by atoms with Gasteiger partial charge in [-0.25, -0.2) is 79.5 Å². The van der Waals surface area contributed by atoms with Crippen molar-refractivity contribution < 1.29 is 163 Å². The molecule has 148 heavy (non-hydrogen) atoms. The Kier molecular flexibility index (Phi) is 43.9. The van der Waals surface area contributed by atoms with E-state index in [-0.39, 0.29) is 181 Å². The molecule has 5 aromatic heterocycles. The Labute approximate surface area is 853 Å². The van der Waals surface area contributed by atoms with Crippen molar-refractivity contribution in [3.8, 4) is 40.2 Å². The van der Waals surface area contributed by atoms with Crippen LogP contribution in [0.1, 0.15) is 81.0 Å². The van der Waals surface area contributed by atoms with Gasteiger partial charge in [-0.3, -0.25) is 69.9 Å². The second-order valence-corrected chi connectivity index (χ2v) is 44.3. The smallest absolute Gasteiger partial charge is 0.265 e. The molecule has 10 aromatic rings. The minimum atomic E-state index is -4.06. The minimum Gasteiger partial charge on any atom is -0.491 e. The Hall–Kier alpha value is -13.0. The van der Waals surface area contributed by atoms with Gasteiger partial charge in [-0.05, 0) is 239 Å². The zero-order chi connectivity index (χ0) is 106. The van der Waals surface area contributed by atoms with E-state index < -0.39 is 102 Å². The molecule has 5 saturated heterocycles. The van der Waals surface area contributed by atoms with Gasteiger partial charge in [-0.15, -0.1) is 0 Å². The molecular formula is C97H115N11O35S5. The highest BCUT2D eigenvalue weighted by Gasteiger charge is 2.57. The summed E-state index contributed by atoms with van der Waals surface area (Å²) in [5.41, 5.74) is 10.3. The Bertz CT molecular complexity index is 5890. The zero-order valence-corrected chi connectivity index (χ0v) is 84.1. The average Bonchev–Trinajstić information content (AvgIpc) is 0.765. The summed E-state index contributed by atoms with van der Waals surface area (Å²) < 4.78 is 204. The summed E-state index contributed by atoms with van der Waals surface area (Å²) >= 11 is 0. The molecule has 46 nitrogen and oxygen atoms in total. The highest BCUT2D eigenvalue weighted by Crippen LogP contribution is 2.42. The lowest BCUT2D eigenvalue weighted by molar-refractivity contribution is -0.135. The molecule has 5 aromatic carbocycles. The number of hydrogen-bond acceptors (Lipinski definition) is 41. The summed E-state index contributed by atoms with van der Waals surface area (Å²) in [6.07, 6.45) is 15.8. The van der Waals surface area contributed by atoms with Crippen LogP contribution in [0.25, 0.3) is 0 Å². The maximum atomic E-state index is 13.2. The number of aromatic nitrogens is 6. The molecular weight excluding hydrogens is 2040 g/mol. The summed E-state index contributed by atoms with van der Waals surface area (Å²) in [5.74, 6) is -1.21. The SMILES string of the molecule is O=C(NO)C1(S(=O)(=O)c2ccc(OCCOCc3ccccn3)cc2)CCOCC1.O=C(NO)C1(S(=O)(=O)c2ccc(OCCOCc3cccnc3)cc2)CCOCC1.O=C(NO)C1(S(=O)(=O)c2ccc(OCCOCc3ccncc3)cc2)CCOCC1.O=C(NO)C1(S(=O)(=O)c2ccc(OCCOc3ccncc3)cc2)CCOCC1.O=C(NO)C1(S(=O)(=O)c2ccc(OCCOc3cncnc3)cc2)CCOCC1. The van der Waals surface area contributed by atoms with Crippen molar-refractivity contribution in [3.05, 3.63) is 255 Å². The Morgan fingerprint density at radius 2 is 0.514 bits per heavy atom. The number of hydroxylamine groups is 5. The van der Waals surface area contributed by atoms with E-state index in [0.717, 1.165) is 16.8 Å². The maximum absolute atomic E-state index is 13.2. The van der Waals surface area contributed by atoms with Crippen molar-refractivity contribution in [2.45, 2.75) is 132 Å². The normalized spacial score (nSPS) is 16.0. The third-order valence-electron chi connectivity index (χ3n) is 24.2. The topological polar surface area (TPSA) is 633 Å². The summed E-state index contributed by atoms with van der Waals surface area (Å²) in [4.78, 5) is 84.7. The monoisotopic (exact) mass is 2150 g/mol. The molecule has 10 heterocycles. The molecule has 5 fully saturated rings. The van der Waals surface area contributed by atoms with Crippen LogP contribution in [-0.4, -0.2) is 283 Å². The third kappa shape index (κ3) is 29.5. The summed E-state index contributed by atoms with van der Waals surface area (Å²) in [6.45, 7) is 5.41. The van der Waals surface area contributed by atoms with E-state index in [2.05, 4.69) is 29.9 Å². The first kappa shape index (κ1) is 115. The molecule has 0 radical (unpaired) electrons. The molecule has 51 heteroatoms. The first-order valence-corrected chi connectivity index (χ1v) is 53.7. The van der Waals surface area contributed by atoms with Gasteiger partial charge in [0.1, 0.15) is 87.1 Å². The fourth-order valence-corrected chi connectivity index (χ4v) is 25.6. The molecule has 0 bridgehead atoms. The second-order valence-electron chi connectivity index (χ2n) is 33.0. The number of nitrogens with one attached hydrogen (secondary N) is 5. The van der Waals surface area contributed by atoms with E-state index in [0.29, 0.717) is 99.7 Å². The number of sulfone groups is 5. The lowest BCUT2D eigenvalue weighted by atomic mass is 9.98. The van der Waals surface area contributed by atoms with Gasteiger partial charge < -0.3 is 71.1 Å². The Balaban J connectivity index is 0.000000176. The van der Waals surface area contributed by atoms with Crippen molar-refractivity contribution in [1.29, 1.82) is 0 Å². The summed E-state index contributed by atoms with van der Waals surface area (Å²) in [5, 5.41) is 45.4. The van der Waals surface area contributed by atoms with Gasteiger partial charge in [0, 0.05) is 109 Å². The van der Waals surface area contributed by atoms with E-state index in [1.54, 1.807) is 55.5 Å². The van der Waals surface area contributed by atoms with Crippen molar-refractivity contribution in [2.75, 3.05) is 132 Å². The summed E-state index contributed by atoms with van der Waals surface area (Å²) in [7, 11) is -20.3. The van der Waals surface area contributed by atoms with Gasteiger partial charge >= 0.3 is 0 Å². The molecule has 0 spiro atoms. The van der Waals surface area contributed by atoms with Crippen LogP contribution >= 0.6 is 0 Å². The van der Waals surface area contributed by atoms with Crippen LogP contribution < -0.4 is 60.6 Å². The molecule has 15 rings (SSSR count). The van der Waals surface area contributed by atoms with Crippen LogP contribution in [-0.2, 0) is 131 Å². The molecule has 0 unspecified atom stereocenters. The number of amides is 5. The van der Waals surface area contributed by atoms with E-state index in [9.17, 15) is 66.1 Å². The number of carbonyl (C=O) groups is 5. The number of hydrogen-bond donors (Lipinski definition) is 10. The molecule has 0 aliphatic carbocycles. The van der Waals surface area contributed by atoms with Gasteiger partial charge in [-0.2, -0.15) is 0 Å². The predicted molar refractivity (Wildman–Crippen MR) is 518 cm³/mol. The number of carbonyl (C=O) groups excluding carboxylic acids is 5. The number of nitrogens with zero attached hydrogens (tertiary/aromatic N) is 6. The third-order valence-corrected chi connectivity index (χ3v) is 36.8. The average molecular weight is 2160 g/mol. The van der Waals surface area contributed by atoms with Crippen molar-refractivity contribution in [2.24, 2.45) is 0 Å². The van der Waals surface area contributed by atoms with Gasteiger partial charge in [0.2, 0.25) is 0 Å². The van der Waals surface area contributed by atoms with Crippen LogP contribution in [0.4, 0.5) is 0 Å². The first-order chi connectivity index (χ1) is 71.5.